The SMILES string of the molecule is CC(=O)N1CCN(c2ccc(NC(=O)Cn3c(C)cc(C)c(C#N)c3=O)cc2)CC1. The number of carbonyl (C=O) groups is 2. The van der Waals surface area contributed by atoms with Crippen LogP contribution in [0.4, 0.5) is 11.4 Å². The van der Waals surface area contributed by atoms with Crippen LogP contribution in [0.3, 0.4) is 0 Å². The van der Waals surface area contributed by atoms with E-state index < -0.39 is 5.56 Å². The molecule has 0 aliphatic carbocycles. The Hall–Kier alpha value is -3.60. The van der Waals surface area contributed by atoms with Crippen molar-refractivity contribution in [2.45, 2.75) is 27.3 Å². The summed E-state index contributed by atoms with van der Waals surface area (Å²) in [5, 5.41) is 12.0. The third kappa shape index (κ3) is 4.51. The number of hydrogen-bond acceptors (Lipinski definition) is 5. The number of benzene rings is 1. The molecule has 1 fully saturated rings. The van der Waals surface area contributed by atoms with Gasteiger partial charge in [-0.25, -0.2) is 0 Å². The largest absolute Gasteiger partial charge is 0.368 e. The third-order valence-electron chi connectivity index (χ3n) is 5.36. The van der Waals surface area contributed by atoms with Gasteiger partial charge in [-0.3, -0.25) is 14.4 Å². The molecule has 2 heterocycles. The second-order valence-electron chi connectivity index (χ2n) is 7.43. The number of nitrogens with zero attached hydrogens (tertiary/aromatic N) is 4. The van der Waals surface area contributed by atoms with Crippen LogP contribution in [0.5, 0.6) is 0 Å². The van der Waals surface area contributed by atoms with Crippen LogP contribution in [-0.2, 0) is 16.1 Å². The van der Waals surface area contributed by atoms with E-state index in [4.69, 9.17) is 0 Å². The summed E-state index contributed by atoms with van der Waals surface area (Å²) in [6, 6.07) is 11.1. The molecule has 1 saturated heterocycles. The number of pyridine rings is 1. The molecule has 0 atom stereocenters. The minimum atomic E-state index is -0.454. The van der Waals surface area contributed by atoms with E-state index in [9.17, 15) is 19.6 Å². The Labute approximate surface area is 175 Å². The summed E-state index contributed by atoms with van der Waals surface area (Å²) in [6.45, 7) is 7.80. The molecule has 0 bridgehead atoms. The van der Waals surface area contributed by atoms with Crippen molar-refractivity contribution in [3.63, 3.8) is 0 Å². The van der Waals surface area contributed by atoms with Crippen molar-refractivity contribution < 1.29 is 9.59 Å². The molecule has 0 radical (unpaired) electrons. The van der Waals surface area contributed by atoms with Gasteiger partial charge in [0, 0.05) is 50.2 Å². The van der Waals surface area contributed by atoms with Crippen molar-refractivity contribution in [1.82, 2.24) is 9.47 Å². The fraction of sp³-hybridized carbons (Fsp3) is 0.364. The van der Waals surface area contributed by atoms with E-state index in [0.717, 1.165) is 18.8 Å². The molecule has 1 aliphatic rings. The number of nitrogens with one attached hydrogen (secondary N) is 1. The maximum atomic E-state index is 12.5. The number of hydrogen-bond donors (Lipinski definition) is 1. The maximum Gasteiger partial charge on any atom is 0.269 e. The van der Waals surface area contributed by atoms with E-state index in [1.807, 2.05) is 35.2 Å². The highest BCUT2D eigenvalue weighted by atomic mass is 16.2. The predicted molar refractivity (Wildman–Crippen MR) is 114 cm³/mol. The standard InChI is InChI=1S/C22H25N5O3/c1-15-12-16(2)27(22(30)20(15)13-23)14-21(29)24-18-4-6-19(7-5-18)26-10-8-25(9-11-26)17(3)28/h4-7,12H,8-11,14H2,1-3H3,(H,24,29). The normalized spacial score (nSPS) is 13.7. The van der Waals surface area contributed by atoms with Crippen LogP contribution in [0.25, 0.3) is 0 Å². The summed E-state index contributed by atoms with van der Waals surface area (Å²) in [5.74, 6) is -0.242. The van der Waals surface area contributed by atoms with Crippen molar-refractivity contribution in [2.24, 2.45) is 0 Å². The van der Waals surface area contributed by atoms with Crippen LogP contribution in [0, 0.1) is 25.2 Å². The number of rotatable bonds is 4. The molecule has 30 heavy (non-hydrogen) atoms. The number of anilines is 2. The Morgan fingerprint density at radius 1 is 1.10 bits per heavy atom. The van der Waals surface area contributed by atoms with Gasteiger partial charge in [0.15, 0.2) is 0 Å². The summed E-state index contributed by atoms with van der Waals surface area (Å²) < 4.78 is 1.31. The summed E-state index contributed by atoms with van der Waals surface area (Å²) in [4.78, 5) is 40.4. The summed E-state index contributed by atoms with van der Waals surface area (Å²) in [5.41, 5.74) is 2.50. The van der Waals surface area contributed by atoms with Crippen LogP contribution < -0.4 is 15.8 Å². The first kappa shape index (κ1) is 21.1. The molecule has 0 spiro atoms. The lowest BCUT2D eigenvalue weighted by Crippen LogP contribution is -2.48. The summed E-state index contributed by atoms with van der Waals surface area (Å²) >= 11 is 0. The third-order valence-corrected chi connectivity index (χ3v) is 5.36. The Bertz CT molecular complexity index is 1060. The second-order valence-corrected chi connectivity index (χ2v) is 7.43. The smallest absolute Gasteiger partial charge is 0.269 e. The molecule has 8 heteroatoms. The van der Waals surface area contributed by atoms with Crippen molar-refractivity contribution >= 4 is 23.2 Å². The van der Waals surface area contributed by atoms with Gasteiger partial charge in [0.05, 0.1) is 0 Å². The number of nitriles is 1. The number of amides is 2. The maximum absolute atomic E-state index is 12.5. The van der Waals surface area contributed by atoms with Gasteiger partial charge < -0.3 is 19.7 Å². The molecule has 1 aromatic carbocycles. The molecule has 0 saturated carbocycles. The Balaban J connectivity index is 1.64. The first-order valence-electron chi connectivity index (χ1n) is 9.81. The van der Waals surface area contributed by atoms with Crippen molar-refractivity contribution in [1.29, 1.82) is 5.26 Å². The fourth-order valence-corrected chi connectivity index (χ4v) is 3.64. The molecule has 2 amide bonds. The zero-order valence-electron chi connectivity index (χ0n) is 17.4. The molecule has 2 aromatic rings. The van der Waals surface area contributed by atoms with Gasteiger partial charge >= 0.3 is 0 Å². The molecular formula is C22H25N5O3. The van der Waals surface area contributed by atoms with Crippen LogP contribution in [-0.4, -0.2) is 47.5 Å². The lowest BCUT2D eigenvalue weighted by atomic mass is 10.1. The first-order chi connectivity index (χ1) is 14.3. The van der Waals surface area contributed by atoms with E-state index in [1.54, 1.807) is 26.8 Å². The zero-order chi connectivity index (χ0) is 21.8. The Morgan fingerprint density at radius 2 is 1.73 bits per heavy atom. The van der Waals surface area contributed by atoms with Gasteiger partial charge in [0.25, 0.3) is 5.56 Å². The molecular weight excluding hydrogens is 382 g/mol. The average molecular weight is 407 g/mol. The van der Waals surface area contributed by atoms with Gasteiger partial charge in [-0.15, -0.1) is 0 Å². The minimum Gasteiger partial charge on any atom is -0.368 e. The number of piperazine rings is 1. The molecule has 1 N–H and O–H groups in total. The monoisotopic (exact) mass is 407 g/mol. The fourth-order valence-electron chi connectivity index (χ4n) is 3.64. The van der Waals surface area contributed by atoms with Crippen LogP contribution in [0.2, 0.25) is 0 Å². The molecule has 156 valence electrons. The van der Waals surface area contributed by atoms with E-state index in [-0.39, 0.29) is 23.9 Å². The lowest BCUT2D eigenvalue weighted by Gasteiger charge is -2.35. The highest BCUT2D eigenvalue weighted by molar-refractivity contribution is 5.90. The van der Waals surface area contributed by atoms with Gasteiger partial charge in [-0.2, -0.15) is 5.26 Å². The molecule has 1 aliphatic heterocycles. The summed E-state index contributed by atoms with van der Waals surface area (Å²) in [7, 11) is 0. The molecule has 1 aromatic heterocycles. The van der Waals surface area contributed by atoms with E-state index in [0.29, 0.717) is 30.0 Å². The highest BCUT2D eigenvalue weighted by Crippen LogP contribution is 2.19. The van der Waals surface area contributed by atoms with E-state index >= 15 is 0 Å². The Kier molecular flexibility index (Phi) is 6.21. The number of aromatic nitrogens is 1. The van der Waals surface area contributed by atoms with Crippen molar-refractivity contribution in [3.05, 3.63) is 57.5 Å². The highest BCUT2D eigenvalue weighted by Gasteiger charge is 2.19. The topological polar surface area (TPSA) is 98.4 Å². The van der Waals surface area contributed by atoms with Gasteiger partial charge in [0.2, 0.25) is 11.8 Å². The van der Waals surface area contributed by atoms with Gasteiger partial charge in [0.1, 0.15) is 18.2 Å². The van der Waals surface area contributed by atoms with Crippen LogP contribution >= 0.6 is 0 Å². The predicted octanol–water partition coefficient (Wildman–Crippen LogP) is 1.64. The first-order valence-corrected chi connectivity index (χ1v) is 9.81. The molecule has 8 nitrogen and oxygen atoms in total. The van der Waals surface area contributed by atoms with Crippen LogP contribution in [0.1, 0.15) is 23.7 Å². The molecule has 3 rings (SSSR count). The number of aryl methyl sites for hydroxylation is 2. The van der Waals surface area contributed by atoms with Gasteiger partial charge in [-0.05, 0) is 49.7 Å². The van der Waals surface area contributed by atoms with Gasteiger partial charge in [-0.1, -0.05) is 0 Å². The van der Waals surface area contributed by atoms with Crippen molar-refractivity contribution in [3.8, 4) is 6.07 Å². The van der Waals surface area contributed by atoms with E-state index in [2.05, 4.69) is 10.2 Å². The number of carbonyl (C=O) groups excluding carboxylic acids is 2. The summed E-state index contributed by atoms with van der Waals surface area (Å²) in [6.07, 6.45) is 0. The van der Waals surface area contributed by atoms with E-state index in [1.165, 1.54) is 4.57 Å². The second kappa shape index (κ2) is 8.82. The zero-order valence-corrected chi connectivity index (χ0v) is 17.4. The Morgan fingerprint density at radius 3 is 2.30 bits per heavy atom. The average Bonchev–Trinajstić information content (AvgIpc) is 2.72. The minimum absolute atomic E-state index is 0.0580. The lowest BCUT2D eigenvalue weighted by molar-refractivity contribution is -0.129. The quantitative estimate of drug-likeness (QED) is 0.831. The van der Waals surface area contributed by atoms with Crippen LogP contribution in [0.15, 0.2) is 35.1 Å². The van der Waals surface area contributed by atoms with Crippen molar-refractivity contribution in [2.75, 3.05) is 36.4 Å². The molecule has 0 unspecified atom stereocenters.